The molecule has 0 spiro atoms. The molecule has 4 N–H and O–H groups in total. The molecule has 1 heterocycles. The molecule has 4 saturated carbocycles. The lowest BCUT2D eigenvalue weighted by Crippen LogP contribution is -2.58. The van der Waals surface area contributed by atoms with E-state index in [1.54, 1.807) is 13.3 Å². The summed E-state index contributed by atoms with van der Waals surface area (Å²) < 4.78 is 5.34. The molecule has 168 valence electrons. The van der Waals surface area contributed by atoms with E-state index in [2.05, 4.69) is 33.6 Å². The van der Waals surface area contributed by atoms with Crippen LogP contribution in [0.25, 0.3) is 0 Å². The maximum Gasteiger partial charge on any atom is 0.224 e. The molecule has 4 aliphatic rings. The average molecular weight is 433 g/mol. The SMILES string of the molecule is COc1ccc(C)c(CNc2ncc(C#N)c(NC[C@]34CC5C[C@H](C3)[C@@H](N)[C@@H](C5)C4)n2)c1. The molecule has 1 aromatic heterocycles. The number of hydrogen-bond acceptors (Lipinski definition) is 7. The summed E-state index contributed by atoms with van der Waals surface area (Å²) in [5, 5.41) is 16.4. The fraction of sp³-hybridized carbons (Fsp3) is 0.560. The molecular weight excluding hydrogens is 400 g/mol. The molecule has 5 atom stereocenters. The Bertz CT molecular complexity index is 1030. The number of aryl methyl sites for hydroxylation is 1. The highest BCUT2D eigenvalue weighted by atomic mass is 16.5. The van der Waals surface area contributed by atoms with Crippen LogP contribution in [0.1, 0.15) is 48.8 Å². The Balaban J connectivity index is 1.29. The highest BCUT2D eigenvalue weighted by molar-refractivity contribution is 5.53. The largest absolute Gasteiger partial charge is 0.497 e. The lowest BCUT2D eigenvalue weighted by atomic mass is 9.48. The standard InChI is InChI=1S/C25H32N6O/c1-15-3-4-21(32-2)7-19(15)12-28-24-29-13-20(11-26)23(31-24)30-14-25-8-16-5-17(9-25)22(27)18(6-16)10-25/h3-4,7,13,16-18,22H,5-6,8-10,12,14,27H2,1-2H3,(H2,28,29,30,31)/t16?,17-,18+,22-,25-. The van der Waals surface area contributed by atoms with Gasteiger partial charge >= 0.3 is 0 Å². The van der Waals surface area contributed by atoms with E-state index in [4.69, 9.17) is 10.5 Å². The van der Waals surface area contributed by atoms with Gasteiger partial charge in [0.25, 0.3) is 0 Å². The van der Waals surface area contributed by atoms with Crippen LogP contribution in [0.4, 0.5) is 11.8 Å². The highest BCUT2D eigenvalue weighted by Gasteiger charge is 2.54. The van der Waals surface area contributed by atoms with E-state index in [9.17, 15) is 5.26 Å². The zero-order chi connectivity index (χ0) is 22.3. The van der Waals surface area contributed by atoms with Crippen molar-refractivity contribution in [3.05, 3.63) is 41.1 Å². The number of aromatic nitrogens is 2. The molecule has 0 saturated heterocycles. The number of nitrogens with zero attached hydrogens (tertiary/aromatic N) is 3. The van der Waals surface area contributed by atoms with Crippen molar-refractivity contribution in [3.8, 4) is 11.8 Å². The molecule has 1 unspecified atom stereocenters. The van der Waals surface area contributed by atoms with E-state index in [-0.39, 0.29) is 5.41 Å². The molecule has 4 aliphatic carbocycles. The second kappa shape index (κ2) is 8.25. The highest BCUT2D eigenvalue weighted by Crippen LogP contribution is 2.59. The normalized spacial score (nSPS) is 30.1. The summed E-state index contributed by atoms with van der Waals surface area (Å²) in [6.45, 7) is 3.50. The smallest absolute Gasteiger partial charge is 0.224 e. The molecule has 32 heavy (non-hydrogen) atoms. The minimum atomic E-state index is 0.287. The van der Waals surface area contributed by atoms with Crippen LogP contribution in [0.2, 0.25) is 0 Å². The molecule has 2 aromatic rings. The minimum absolute atomic E-state index is 0.287. The summed E-state index contributed by atoms with van der Waals surface area (Å²) in [4.78, 5) is 9.00. The number of anilines is 2. The Morgan fingerprint density at radius 3 is 2.72 bits per heavy atom. The van der Waals surface area contributed by atoms with Gasteiger partial charge in [0.15, 0.2) is 0 Å². The topological polar surface area (TPSA) is 109 Å². The zero-order valence-electron chi connectivity index (χ0n) is 18.9. The van der Waals surface area contributed by atoms with E-state index in [0.717, 1.165) is 23.8 Å². The maximum atomic E-state index is 9.59. The number of benzene rings is 1. The van der Waals surface area contributed by atoms with Gasteiger partial charge < -0.3 is 21.1 Å². The van der Waals surface area contributed by atoms with Crippen LogP contribution in [-0.4, -0.2) is 29.7 Å². The van der Waals surface area contributed by atoms with Crippen LogP contribution in [-0.2, 0) is 6.54 Å². The molecule has 4 bridgehead atoms. The van der Waals surface area contributed by atoms with Crippen molar-refractivity contribution in [2.45, 2.75) is 51.6 Å². The molecule has 0 aliphatic heterocycles. The first-order chi connectivity index (χ1) is 15.5. The predicted molar refractivity (Wildman–Crippen MR) is 124 cm³/mol. The summed E-state index contributed by atoms with van der Waals surface area (Å²) in [5.41, 5.74) is 9.57. The molecule has 6 rings (SSSR count). The van der Waals surface area contributed by atoms with Crippen LogP contribution in [0.5, 0.6) is 5.75 Å². The average Bonchev–Trinajstić information content (AvgIpc) is 2.80. The number of rotatable bonds is 7. The summed E-state index contributed by atoms with van der Waals surface area (Å²) in [6, 6.07) is 8.63. The zero-order valence-corrected chi connectivity index (χ0v) is 18.9. The van der Waals surface area contributed by atoms with Crippen LogP contribution in [0.15, 0.2) is 24.4 Å². The molecule has 7 nitrogen and oxygen atoms in total. The van der Waals surface area contributed by atoms with Crippen molar-refractivity contribution in [2.24, 2.45) is 28.9 Å². The van der Waals surface area contributed by atoms with Crippen LogP contribution in [0, 0.1) is 41.4 Å². The lowest BCUT2D eigenvalue weighted by molar-refractivity contribution is -0.0591. The third-order valence-corrected chi connectivity index (χ3v) is 8.01. The molecule has 0 radical (unpaired) electrons. The number of hydrogen-bond donors (Lipinski definition) is 3. The first kappa shape index (κ1) is 21.0. The van der Waals surface area contributed by atoms with E-state index >= 15 is 0 Å². The maximum absolute atomic E-state index is 9.59. The third-order valence-electron chi connectivity index (χ3n) is 8.01. The molecule has 7 heteroatoms. The van der Waals surface area contributed by atoms with Crippen LogP contribution in [0.3, 0.4) is 0 Å². The van der Waals surface area contributed by atoms with Crippen LogP contribution >= 0.6 is 0 Å². The van der Waals surface area contributed by atoms with Gasteiger partial charge in [0, 0.05) is 19.1 Å². The van der Waals surface area contributed by atoms with E-state index in [0.29, 0.717) is 41.8 Å². The number of ether oxygens (including phenoxy) is 1. The quantitative estimate of drug-likeness (QED) is 0.610. The third kappa shape index (κ3) is 3.88. The molecule has 4 fully saturated rings. The first-order valence-electron chi connectivity index (χ1n) is 11.6. The molecular formula is C25H32N6O. The summed E-state index contributed by atoms with van der Waals surface area (Å²) in [7, 11) is 1.67. The van der Waals surface area contributed by atoms with Crippen molar-refractivity contribution in [2.75, 3.05) is 24.3 Å². The number of methoxy groups -OCH3 is 1. The summed E-state index contributed by atoms with van der Waals surface area (Å²) >= 11 is 0. The van der Waals surface area contributed by atoms with Gasteiger partial charge in [-0.15, -0.1) is 0 Å². The molecule has 0 amide bonds. The van der Waals surface area contributed by atoms with Gasteiger partial charge in [-0.25, -0.2) is 4.98 Å². The van der Waals surface area contributed by atoms with Gasteiger partial charge in [-0.3, -0.25) is 0 Å². The van der Waals surface area contributed by atoms with Gasteiger partial charge in [0.2, 0.25) is 5.95 Å². The van der Waals surface area contributed by atoms with Crippen molar-refractivity contribution in [1.82, 2.24) is 9.97 Å². The Morgan fingerprint density at radius 2 is 2.00 bits per heavy atom. The van der Waals surface area contributed by atoms with E-state index < -0.39 is 0 Å². The van der Waals surface area contributed by atoms with Crippen LogP contribution < -0.4 is 21.1 Å². The first-order valence-corrected chi connectivity index (χ1v) is 11.6. The number of nitrogens with one attached hydrogen (secondary N) is 2. The van der Waals surface area contributed by atoms with E-state index in [1.807, 2.05) is 18.2 Å². The van der Waals surface area contributed by atoms with Gasteiger partial charge in [0.1, 0.15) is 23.2 Å². The van der Waals surface area contributed by atoms with Crippen molar-refractivity contribution < 1.29 is 4.74 Å². The Kier molecular flexibility index (Phi) is 5.42. The number of nitriles is 1. The lowest BCUT2D eigenvalue weighted by Gasteiger charge is -2.59. The van der Waals surface area contributed by atoms with Crippen molar-refractivity contribution in [3.63, 3.8) is 0 Å². The van der Waals surface area contributed by atoms with Gasteiger partial charge in [0.05, 0.1) is 13.3 Å². The van der Waals surface area contributed by atoms with Gasteiger partial charge in [-0.05, 0) is 85.5 Å². The second-order valence-electron chi connectivity index (χ2n) is 10.1. The van der Waals surface area contributed by atoms with Gasteiger partial charge in [-0.2, -0.15) is 10.2 Å². The van der Waals surface area contributed by atoms with Crippen molar-refractivity contribution >= 4 is 11.8 Å². The fourth-order valence-electron chi connectivity index (χ4n) is 6.54. The molecule has 1 aromatic carbocycles. The van der Waals surface area contributed by atoms with Crippen molar-refractivity contribution in [1.29, 1.82) is 5.26 Å². The summed E-state index contributed by atoms with van der Waals surface area (Å²) in [6.07, 6.45) is 7.86. The monoisotopic (exact) mass is 432 g/mol. The minimum Gasteiger partial charge on any atom is -0.497 e. The Labute approximate surface area is 189 Å². The fourth-order valence-corrected chi connectivity index (χ4v) is 6.54. The Morgan fingerprint density at radius 1 is 1.22 bits per heavy atom. The number of nitrogens with two attached hydrogens (primary N) is 1. The predicted octanol–water partition coefficient (Wildman–Crippen LogP) is 3.84. The summed E-state index contributed by atoms with van der Waals surface area (Å²) in [5.74, 6) is 4.09. The second-order valence-corrected chi connectivity index (χ2v) is 10.1. The Hall–Kier alpha value is -2.85. The van der Waals surface area contributed by atoms with E-state index in [1.165, 1.54) is 37.7 Å². The van der Waals surface area contributed by atoms with Gasteiger partial charge in [-0.1, -0.05) is 6.07 Å².